The number of aromatic amines is 1. The van der Waals surface area contributed by atoms with Crippen LogP contribution in [0, 0.1) is 5.82 Å². The van der Waals surface area contributed by atoms with Crippen LogP contribution in [0.1, 0.15) is 5.76 Å². The molecule has 0 aliphatic carbocycles. The minimum absolute atomic E-state index is 0.257. The zero-order chi connectivity index (χ0) is 13.0. The molecule has 0 atom stereocenters. The quantitative estimate of drug-likeness (QED) is 0.738. The molecule has 7 heteroatoms. The molecule has 0 bridgehead atoms. The van der Waals surface area contributed by atoms with E-state index in [0.29, 0.717) is 13.1 Å². The summed E-state index contributed by atoms with van der Waals surface area (Å²) in [5.74, 6) is -0.198. The first-order valence-electron chi connectivity index (χ1n) is 5.39. The average molecular weight is 253 g/mol. The van der Waals surface area contributed by atoms with Crippen molar-refractivity contribution < 1.29 is 8.81 Å². The van der Waals surface area contributed by atoms with Gasteiger partial charge in [0.1, 0.15) is 5.76 Å². The molecule has 2 aromatic heterocycles. The molecule has 18 heavy (non-hydrogen) atoms. The largest absolute Gasteiger partial charge is 0.468 e. The van der Waals surface area contributed by atoms with E-state index in [1.165, 1.54) is 0 Å². The maximum Gasteiger partial charge on any atom is 0.328 e. The molecule has 0 radical (unpaired) electrons. The molecule has 0 aliphatic heterocycles. The molecule has 0 saturated carbocycles. The Balaban J connectivity index is 1.89. The van der Waals surface area contributed by atoms with Gasteiger partial charge in [-0.05, 0) is 12.1 Å². The molecular weight excluding hydrogens is 241 g/mol. The van der Waals surface area contributed by atoms with E-state index >= 15 is 0 Å². The summed E-state index contributed by atoms with van der Waals surface area (Å²) < 4.78 is 19.2. The van der Waals surface area contributed by atoms with Crippen LogP contribution >= 0.6 is 0 Å². The fourth-order valence-corrected chi connectivity index (χ4v) is 1.47. The minimum atomic E-state index is -1.00. The lowest BCUT2D eigenvalue weighted by atomic mass is 10.4. The van der Waals surface area contributed by atoms with Crippen LogP contribution in [0.15, 0.2) is 38.6 Å². The van der Waals surface area contributed by atoms with Gasteiger partial charge >= 0.3 is 5.69 Å². The Labute approximate surface area is 101 Å². The lowest BCUT2D eigenvalue weighted by Gasteiger charge is -2.05. The molecule has 0 aliphatic rings. The second kappa shape index (κ2) is 5.46. The zero-order valence-corrected chi connectivity index (χ0v) is 9.48. The van der Waals surface area contributed by atoms with Crippen LogP contribution < -0.4 is 16.6 Å². The molecule has 96 valence electrons. The summed E-state index contributed by atoms with van der Waals surface area (Å²) >= 11 is 0. The molecular formula is C11H12FN3O3. The van der Waals surface area contributed by atoms with Gasteiger partial charge in [0.2, 0.25) is 5.82 Å². The Hall–Kier alpha value is -2.15. The van der Waals surface area contributed by atoms with E-state index in [2.05, 4.69) is 5.32 Å². The minimum Gasteiger partial charge on any atom is -0.468 e. The number of furan rings is 1. The molecule has 0 amide bonds. The summed E-state index contributed by atoms with van der Waals surface area (Å²) in [5, 5.41) is 3.03. The fraction of sp³-hybridized carbons (Fsp3) is 0.273. The van der Waals surface area contributed by atoms with Crippen molar-refractivity contribution in [2.24, 2.45) is 0 Å². The summed E-state index contributed by atoms with van der Waals surface area (Å²) in [6, 6.07) is 3.59. The van der Waals surface area contributed by atoms with Crippen molar-refractivity contribution >= 4 is 0 Å². The van der Waals surface area contributed by atoms with Crippen molar-refractivity contribution in [2.45, 2.75) is 13.1 Å². The Kier molecular flexibility index (Phi) is 3.73. The monoisotopic (exact) mass is 253 g/mol. The number of halogens is 1. The summed E-state index contributed by atoms with van der Waals surface area (Å²) in [6.07, 6.45) is 2.47. The zero-order valence-electron chi connectivity index (χ0n) is 9.48. The molecule has 2 heterocycles. The third-order valence-electron chi connectivity index (χ3n) is 2.38. The topological polar surface area (TPSA) is 80.0 Å². The highest BCUT2D eigenvalue weighted by molar-refractivity contribution is 4.97. The van der Waals surface area contributed by atoms with Crippen molar-refractivity contribution in [3.63, 3.8) is 0 Å². The second-order valence-electron chi connectivity index (χ2n) is 3.69. The van der Waals surface area contributed by atoms with Crippen molar-refractivity contribution in [2.75, 3.05) is 6.54 Å². The van der Waals surface area contributed by atoms with E-state index in [0.717, 1.165) is 16.5 Å². The maximum atomic E-state index is 13.0. The average Bonchev–Trinajstić information content (AvgIpc) is 2.84. The van der Waals surface area contributed by atoms with Crippen molar-refractivity contribution in [3.8, 4) is 0 Å². The van der Waals surface area contributed by atoms with E-state index in [4.69, 9.17) is 4.42 Å². The van der Waals surface area contributed by atoms with Gasteiger partial charge in [-0.25, -0.2) is 4.79 Å². The van der Waals surface area contributed by atoms with Crippen molar-refractivity contribution in [1.82, 2.24) is 14.9 Å². The van der Waals surface area contributed by atoms with E-state index in [1.807, 2.05) is 11.1 Å². The maximum absolute atomic E-state index is 13.0. The van der Waals surface area contributed by atoms with Gasteiger partial charge in [-0.1, -0.05) is 0 Å². The Bertz CT molecular complexity index is 615. The fourth-order valence-electron chi connectivity index (χ4n) is 1.47. The number of rotatable bonds is 5. The van der Waals surface area contributed by atoms with Gasteiger partial charge in [0.15, 0.2) is 0 Å². The predicted molar refractivity (Wildman–Crippen MR) is 61.7 cm³/mol. The molecule has 2 N–H and O–H groups in total. The third kappa shape index (κ3) is 2.95. The second-order valence-corrected chi connectivity index (χ2v) is 3.69. The molecule has 0 saturated heterocycles. The van der Waals surface area contributed by atoms with Gasteiger partial charge in [-0.15, -0.1) is 0 Å². The number of H-pyrrole nitrogens is 1. The van der Waals surface area contributed by atoms with Crippen molar-refractivity contribution in [3.05, 3.63) is 57.0 Å². The van der Waals surface area contributed by atoms with E-state index < -0.39 is 17.1 Å². The summed E-state index contributed by atoms with van der Waals surface area (Å²) in [4.78, 5) is 24.0. The molecule has 0 spiro atoms. The van der Waals surface area contributed by atoms with Gasteiger partial charge in [0.05, 0.1) is 19.0 Å². The summed E-state index contributed by atoms with van der Waals surface area (Å²) in [6.45, 7) is 1.23. The SMILES string of the molecule is O=c1[nH]c(=O)n(CCNCc2ccco2)cc1F. The van der Waals surface area contributed by atoms with Crippen molar-refractivity contribution in [1.29, 1.82) is 0 Å². The lowest BCUT2D eigenvalue weighted by Crippen LogP contribution is -2.33. The Morgan fingerprint density at radius 1 is 1.44 bits per heavy atom. The van der Waals surface area contributed by atoms with Crippen LogP contribution in [-0.2, 0) is 13.1 Å². The lowest BCUT2D eigenvalue weighted by molar-refractivity contribution is 0.469. The molecule has 0 fully saturated rings. The Morgan fingerprint density at radius 3 is 3.00 bits per heavy atom. The summed E-state index contributed by atoms with van der Waals surface area (Å²) in [7, 11) is 0. The van der Waals surface area contributed by atoms with Crippen LogP contribution in [0.4, 0.5) is 4.39 Å². The highest BCUT2D eigenvalue weighted by atomic mass is 19.1. The van der Waals surface area contributed by atoms with Crippen LogP contribution in [-0.4, -0.2) is 16.1 Å². The van der Waals surface area contributed by atoms with Crippen LogP contribution in [0.3, 0.4) is 0 Å². The third-order valence-corrected chi connectivity index (χ3v) is 2.38. The first-order chi connectivity index (χ1) is 8.66. The van der Waals surface area contributed by atoms with Crippen LogP contribution in [0.2, 0.25) is 0 Å². The first-order valence-corrected chi connectivity index (χ1v) is 5.39. The number of aromatic nitrogens is 2. The first kappa shape index (κ1) is 12.3. The smallest absolute Gasteiger partial charge is 0.328 e. The number of nitrogens with one attached hydrogen (secondary N) is 2. The van der Waals surface area contributed by atoms with E-state index in [1.54, 1.807) is 12.3 Å². The number of nitrogens with zero attached hydrogens (tertiary/aromatic N) is 1. The molecule has 2 aromatic rings. The molecule has 2 rings (SSSR count). The van der Waals surface area contributed by atoms with Gasteiger partial charge in [0, 0.05) is 13.1 Å². The molecule has 0 unspecified atom stereocenters. The number of hydrogen-bond donors (Lipinski definition) is 2. The Morgan fingerprint density at radius 2 is 2.28 bits per heavy atom. The normalized spacial score (nSPS) is 10.7. The van der Waals surface area contributed by atoms with Gasteiger partial charge < -0.3 is 9.73 Å². The molecule has 0 aromatic carbocycles. The van der Waals surface area contributed by atoms with Crippen LogP contribution in [0.5, 0.6) is 0 Å². The standard InChI is InChI=1S/C11H12FN3O3/c12-9-7-15(11(17)14-10(9)16)4-3-13-6-8-2-1-5-18-8/h1-2,5,7,13H,3-4,6H2,(H,14,16,17). The van der Waals surface area contributed by atoms with E-state index in [-0.39, 0.29) is 6.54 Å². The van der Waals surface area contributed by atoms with E-state index in [9.17, 15) is 14.0 Å². The van der Waals surface area contributed by atoms with Crippen LogP contribution in [0.25, 0.3) is 0 Å². The highest BCUT2D eigenvalue weighted by Gasteiger charge is 2.03. The number of hydrogen-bond acceptors (Lipinski definition) is 4. The molecule has 6 nitrogen and oxygen atoms in total. The van der Waals surface area contributed by atoms with Gasteiger partial charge in [0.25, 0.3) is 5.56 Å². The highest BCUT2D eigenvalue weighted by Crippen LogP contribution is 1.97. The summed E-state index contributed by atoms with van der Waals surface area (Å²) in [5.41, 5.74) is -1.62. The predicted octanol–water partition coefficient (Wildman–Crippen LogP) is 0.0585. The van der Waals surface area contributed by atoms with Gasteiger partial charge in [-0.2, -0.15) is 4.39 Å². The van der Waals surface area contributed by atoms with Gasteiger partial charge in [-0.3, -0.25) is 14.3 Å².